The quantitative estimate of drug-likeness (QED) is 0.645. The van der Waals surface area contributed by atoms with Gasteiger partial charge in [0.05, 0.1) is 19.8 Å². The molecule has 30 heavy (non-hydrogen) atoms. The number of piperidine rings is 1. The number of hydrogen-bond acceptors (Lipinski definition) is 6. The summed E-state index contributed by atoms with van der Waals surface area (Å²) in [6.45, 7) is 2.82. The van der Waals surface area contributed by atoms with Crippen LogP contribution in [0.25, 0.3) is 0 Å². The second-order valence-electron chi connectivity index (χ2n) is 7.62. The second-order valence-corrected chi connectivity index (χ2v) is 8.53. The van der Waals surface area contributed by atoms with E-state index in [1.54, 1.807) is 20.3 Å². The van der Waals surface area contributed by atoms with Crippen LogP contribution in [0.5, 0.6) is 11.5 Å². The summed E-state index contributed by atoms with van der Waals surface area (Å²) in [5, 5.41) is 14.4. The summed E-state index contributed by atoms with van der Waals surface area (Å²) in [7, 11) is 3.36. The Kier molecular flexibility index (Phi) is 8.12. The molecule has 1 fully saturated rings. The maximum atomic E-state index is 12.2. The standard InChI is InChI=1S/C23H29N3O3S/c1-28-20-13-18(14-21(15-20)29-2)4-3-17-5-9-26(10-6-17)11-7-22(27)25-23-19(16-24)8-12-30-23/h8,12-15,17H,3-7,9-11H2,1-2H3,(H,25,27). The highest BCUT2D eigenvalue weighted by atomic mass is 32.1. The number of carbonyl (C=O) groups is 1. The molecule has 1 saturated heterocycles. The number of hydrogen-bond donors (Lipinski definition) is 1. The van der Waals surface area contributed by atoms with Gasteiger partial charge in [-0.1, -0.05) is 0 Å². The zero-order valence-electron chi connectivity index (χ0n) is 17.6. The van der Waals surface area contributed by atoms with E-state index in [0.717, 1.165) is 56.8 Å². The number of nitrogens with one attached hydrogen (secondary N) is 1. The number of aryl methyl sites for hydroxylation is 1. The first-order valence-electron chi connectivity index (χ1n) is 10.3. The summed E-state index contributed by atoms with van der Waals surface area (Å²) in [4.78, 5) is 14.6. The number of benzene rings is 1. The Morgan fingerprint density at radius 1 is 1.23 bits per heavy atom. The van der Waals surface area contributed by atoms with Crippen LogP contribution >= 0.6 is 11.3 Å². The zero-order valence-corrected chi connectivity index (χ0v) is 18.5. The highest BCUT2D eigenvalue weighted by molar-refractivity contribution is 7.14. The Labute approximate surface area is 182 Å². The molecule has 0 atom stereocenters. The number of thiophene rings is 1. The predicted molar refractivity (Wildman–Crippen MR) is 119 cm³/mol. The minimum Gasteiger partial charge on any atom is -0.497 e. The molecule has 0 radical (unpaired) electrons. The van der Waals surface area contributed by atoms with Gasteiger partial charge >= 0.3 is 0 Å². The lowest BCUT2D eigenvalue weighted by molar-refractivity contribution is -0.116. The molecule has 6 nitrogen and oxygen atoms in total. The van der Waals surface area contributed by atoms with E-state index in [4.69, 9.17) is 14.7 Å². The van der Waals surface area contributed by atoms with Crippen LogP contribution in [0.4, 0.5) is 5.00 Å². The first-order chi connectivity index (χ1) is 14.6. The van der Waals surface area contributed by atoms with Crippen LogP contribution in [0.1, 0.15) is 36.8 Å². The Balaban J connectivity index is 1.38. The number of nitrogens with zero attached hydrogens (tertiary/aromatic N) is 2. The Hall–Kier alpha value is -2.56. The van der Waals surface area contributed by atoms with Gasteiger partial charge in [-0.2, -0.15) is 5.26 Å². The zero-order chi connectivity index (χ0) is 21.3. The van der Waals surface area contributed by atoms with Crippen LogP contribution in [0.15, 0.2) is 29.6 Å². The van der Waals surface area contributed by atoms with Crippen molar-refractivity contribution in [2.75, 3.05) is 39.2 Å². The molecular formula is C23H29N3O3S. The molecule has 3 rings (SSSR count). The van der Waals surface area contributed by atoms with Crippen molar-refractivity contribution in [3.63, 3.8) is 0 Å². The van der Waals surface area contributed by atoms with E-state index in [2.05, 4.69) is 28.4 Å². The van der Waals surface area contributed by atoms with Gasteiger partial charge in [0.15, 0.2) is 0 Å². The van der Waals surface area contributed by atoms with Crippen LogP contribution in [-0.4, -0.2) is 44.7 Å². The molecule has 1 aliphatic rings. The normalized spacial score (nSPS) is 14.8. The average molecular weight is 428 g/mol. The SMILES string of the molecule is COc1cc(CCC2CCN(CCC(=O)Nc3sccc3C#N)CC2)cc(OC)c1. The van der Waals surface area contributed by atoms with Crippen LogP contribution in [0.3, 0.4) is 0 Å². The third-order valence-corrected chi connectivity index (χ3v) is 6.48. The number of anilines is 1. The molecule has 160 valence electrons. The molecule has 7 heteroatoms. The molecule has 2 heterocycles. The third kappa shape index (κ3) is 6.22. The molecule has 1 aliphatic heterocycles. The Bertz CT molecular complexity index is 860. The molecule has 0 spiro atoms. The smallest absolute Gasteiger partial charge is 0.226 e. The largest absolute Gasteiger partial charge is 0.497 e. The van der Waals surface area contributed by atoms with Crippen molar-refractivity contribution in [1.29, 1.82) is 5.26 Å². The molecule has 1 N–H and O–H groups in total. The van der Waals surface area contributed by atoms with Crippen molar-refractivity contribution in [2.45, 2.75) is 32.1 Å². The molecular weight excluding hydrogens is 398 g/mol. The summed E-state index contributed by atoms with van der Waals surface area (Å²) in [6, 6.07) is 9.90. The van der Waals surface area contributed by atoms with E-state index in [1.807, 2.05) is 11.4 Å². The van der Waals surface area contributed by atoms with E-state index in [9.17, 15) is 4.79 Å². The molecule has 1 aromatic carbocycles. The van der Waals surface area contributed by atoms with Gasteiger partial charge in [-0.15, -0.1) is 11.3 Å². The van der Waals surface area contributed by atoms with Crippen LogP contribution in [0, 0.1) is 17.2 Å². The molecule has 0 unspecified atom stereocenters. The lowest BCUT2D eigenvalue weighted by Gasteiger charge is -2.31. The van der Waals surface area contributed by atoms with E-state index in [-0.39, 0.29) is 5.91 Å². The van der Waals surface area contributed by atoms with Gasteiger partial charge in [0.1, 0.15) is 22.6 Å². The monoisotopic (exact) mass is 427 g/mol. The third-order valence-electron chi connectivity index (χ3n) is 5.65. The average Bonchev–Trinajstić information content (AvgIpc) is 3.23. The number of likely N-dealkylation sites (tertiary alicyclic amines) is 1. The summed E-state index contributed by atoms with van der Waals surface area (Å²) in [5.74, 6) is 2.35. The van der Waals surface area contributed by atoms with Gasteiger partial charge < -0.3 is 19.7 Å². The highest BCUT2D eigenvalue weighted by Gasteiger charge is 2.20. The Morgan fingerprint density at radius 3 is 2.57 bits per heavy atom. The van der Waals surface area contributed by atoms with Gasteiger partial charge in [-0.25, -0.2) is 0 Å². The number of methoxy groups -OCH3 is 2. The lowest BCUT2D eigenvalue weighted by atomic mass is 9.90. The molecule has 0 saturated carbocycles. The van der Waals surface area contributed by atoms with Crippen molar-refractivity contribution in [1.82, 2.24) is 4.90 Å². The van der Waals surface area contributed by atoms with Gasteiger partial charge in [0, 0.05) is 19.0 Å². The van der Waals surface area contributed by atoms with E-state index in [0.29, 0.717) is 22.9 Å². The van der Waals surface area contributed by atoms with Gasteiger partial charge in [-0.05, 0) is 73.8 Å². The van der Waals surface area contributed by atoms with Crippen molar-refractivity contribution < 1.29 is 14.3 Å². The van der Waals surface area contributed by atoms with E-state index >= 15 is 0 Å². The number of ether oxygens (including phenoxy) is 2. The maximum Gasteiger partial charge on any atom is 0.226 e. The highest BCUT2D eigenvalue weighted by Crippen LogP contribution is 2.27. The minimum absolute atomic E-state index is 0.0250. The van der Waals surface area contributed by atoms with Crippen LogP contribution in [-0.2, 0) is 11.2 Å². The lowest BCUT2D eigenvalue weighted by Crippen LogP contribution is -2.35. The van der Waals surface area contributed by atoms with E-state index in [1.165, 1.54) is 16.9 Å². The van der Waals surface area contributed by atoms with E-state index < -0.39 is 0 Å². The fraction of sp³-hybridized carbons (Fsp3) is 0.478. The molecule has 0 aliphatic carbocycles. The molecule has 1 aromatic heterocycles. The summed E-state index contributed by atoms with van der Waals surface area (Å²) in [5.41, 5.74) is 1.78. The number of rotatable bonds is 9. The predicted octanol–water partition coefficient (Wildman–Crippen LogP) is 4.31. The second kappa shape index (κ2) is 11.0. The van der Waals surface area contributed by atoms with Crippen molar-refractivity contribution in [2.24, 2.45) is 5.92 Å². The molecule has 0 bridgehead atoms. The fourth-order valence-corrected chi connectivity index (χ4v) is 4.58. The first kappa shape index (κ1) is 22.1. The summed E-state index contributed by atoms with van der Waals surface area (Å²) in [6.07, 6.45) is 4.94. The first-order valence-corrected chi connectivity index (χ1v) is 11.2. The number of nitriles is 1. The summed E-state index contributed by atoms with van der Waals surface area (Å²) >= 11 is 1.39. The molecule has 1 amide bonds. The van der Waals surface area contributed by atoms with Crippen molar-refractivity contribution in [3.8, 4) is 17.6 Å². The maximum absolute atomic E-state index is 12.2. The van der Waals surface area contributed by atoms with Crippen LogP contribution in [0.2, 0.25) is 0 Å². The van der Waals surface area contributed by atoms with Crippen molar-refractivity contribution in [3.05, 3.63) is 40.8 Å². The Morgan fingerprint density at radius 2 is 1.93 bits per heavy atom. The number of amides is 1. The van der Waals surface area contributed by atoms with Crippen molar-refractivity contribution >= 4 is 22.2 Å². The fourth-order valence-electron chi connectivity index (χ4n) is 3.82. The minimum atomic E-state index is -0.0250. The molecule has 2 aromatic rings. The van der Waals surface area contributed by atoms with Crippen LogP contribution < -0.4 is 14.8 Å². The van der Waals surface area contributed by atoms with Gasteiger partial charge in [0.2, 0.25) is 5.91 Å². The summed E-state index contributed by atoms with van der Waals surface area (Å²) < 4.78 is 10.7. The number of carbonyl (C=O) groups excluding carboxylic acids is 1. The van der Waals surface area contributed by atoms with Gasteiger partial charge in [-0.3, -0.25) is 4.79 Å². The van der Waals surface area contributed by atoms with Gasteiger partial charge in [0.25, 0.3) is 0 Å². The topological polar surface area (TPSA) is 74.6 Å².